The third-order valence-corrected chi connectivity index (χ3v) is 5.20. The summed E-state index contributed by atoms with van der Waals surface area (Å²) in [4.78, 5) is 20.4. The van der Waals surface area contributed by atoms with Crippen molar-refractivity contribution in [3.05, 3.63) is 41.6 Å². The van der Waals surface area contributed by atoms with Crippen LogP contribution in [-0.2, 0) is 4.79 Å². The smallest absolute Gasteiger partial charge is 0.236 e. The Morgan fingerprint density at radius 3 is 3.09 bits per heavy atom. The van der Waals surface area contributed by atoms with Crippen LogP contribution in [0.5, 0.6) is 0 Å². The molecule has 1 aromatic carbocycles. The zero-order valence-electron chi connectivity index (χ0n) is 11.2. The van der Waals surface area contributed by atoms with E-state index >= 15 is 0 Å². The summed E-state index contributed by atoms with van der Waals surface area (Å²) >= 11 is 8.83. The van der Waals surface area contributed by atoms with Crippen molar-refractivity contribution in [1.82, 2.24) is 9.97 Å². The number of thiazole rings is 1. The highest BCUT2D eigenvalue weighted by Gasteiger charge is 2.10. The first-order valence-corrected chi connectivity index (χ1v) is 8.49. The van der Waals surface area contributed by atoms with Gasteiger partial charge in [0, 0.05) is 11.9 Å². The zero-order valence-corrected chi connectivity index (χ0v) is 13.6. The second-order valence-corrected chi connectivity index (χ2v) is 7.04. The van der Waals surface area contributed by atoms with E-state index in [0.717, 1.165) is 14.6 Å². The summed E-state index contributed by atoms with van der Waals surface area (Å²) in [5.41, 5.74) is 7.33. The van der Waals surface area contributed by atoms with Gasteiger partial charge in [-0.3, -0.25) is 4.79 Å². The predicted molar refractivity (Wildman–Crippen MR) is 92.6 cm³/mol. The van der Waals surface area contributed by atoms with Crippen LogP contribution in [0.15, 0.2) is 40.9 Å². The highest BCUT2D eigenvalue weighted by molar-refractivity contribution is 8.01. The maximum Gasteiger partial charge on any atom is 0.236 e. The van der Waals surface area contributed by atoms with Gasteiger partial charge in [0.2, 0.25) is 5.91 Å². The van der Waals surface area contributed by atoms with E-state index in [1.807, 2.05) is 18.2 Å². The number of rotatable bonds is 4. The molecule has 22 heavy (non-hydrogen) atoms. The Morgan fingerprint density at radius 2 is 2.27 bits per heavy atom. The van der Waals surface area contributed by atoms with Crippen LogP contribution in [-0.4, -0.2) is 21.6 Å². The molecule has 0 atom stereocenters. The lowest BCUT2D eigenvalue weighted by Gasteiger charge is -2.04. The summed E-state index contributed by atoms with van der Waals surface area (Å²) in [6, 6.07) is 8.95. The van der Waals surface area contributed by atoms with Gasteiger partial charge in [-0.1, -0.05) is 23.4 Å². The maximum atomic E-state index is 11.9. The first-order chi connectivity index (χ1) is 10.6. The average molecular weight is 351 g/mol. The molecule has 3 rings (SSSR count). The molecule has 0 unspecified atom stereocenters. The van der Waals surface area contributed by atoms with Gasteiger partial charge in [-0.15, -0.1) is 11.3 Å². The van der Waals surface area contributed by atoms with E-state index in [4.69, 9.17) is 17.3 Å². The van der Waals surface area contributed by atoms with Crippen molar-refractivity contribution in [3.8, 4) is 0 Å². The monoisotopic (exact) mass is 350 g/mol. The van der Waals surface area contributed by atoms with E-state index in [1.165, 1.54) is 23.1 Å². The van der Waals surface area contributed by atoms with Gasteiger partial charge < -0.3 is 11.1 Å². The molecular formula is C14H11ClN4OS2. The molecular weight excluding hydrogens is 340 g/mol. The second kappa shape index (κ2) is 6.51. The van der Waals surface area contributed by atoms with Crippen molar-refractivity contribution < 1.29 is 4.79 Å². The lowest BCUT2D eigenvalue weighted by Crippen LogP contribution is -2.15. The number of hydrogen-bond donors (Lipinski definition) is 2. The summed E-state index contributed by atoms with van der Waals surface area (Å²) in [7, 11) is 0. The Hall–Kier alpha value is -1.83. The molecule has 0 spiro atoms. The molecule has 2 heterocycles. The maximum absolute atomic E-state index is 11.9. The van der Waals surface area contributed by atoms with Gasteiger partial charge in [-0.05, 0) is 30.3 Å². The number of halogens is 1. The topological polar surface area (TPSA) is 80.9 Å². The van der Waals surface area contributed by atoms with Gasteiger partial charge in [-0.25, -0.2) is 9.97 Å². The number of thioether (sulfide) groups is 1. The number of nitrogens with zero attached hydrogens (tertiary/aromatic N) is 2. The minimum absolute atomic E-state index is 0.177. The van der Waals surface area contributed by atoms with Crippen molar-refractivity contribution in [2.24, 2.45) is 0 Å². The zero-order chi connectivity index (χ0) is 15.5. The molecule has 0 bridgehead atoms. The Morgan fingerprint density at radius 1 is 1.41 bits per heavy atom. The number of anilines is 2. The fraction of sp³-hybridized carbons (Fsp3) is 0.0714. The molecule has 2 aromatic heterocycles. The molecule has 112 valence electrons. The summed E-state index contributed by atoms with van der Waals surface area (Å²) < 4.78 is 1.83. The fourth-order valence-corrected chi connectivity index (χ4v) is 3.84. The Kier molecular flexibility index (Phi) is 4.47. The standard InChI is InChI=1S/C14H11ClN4OS2/c15-9-2-1-5-17-13(9)19-12(20)7-21-14-18-10-4-3-8(16)6-11(10)22-14/h1-6H,7,16H2,(H,17,19,20). The number of hydrogen-bond acceptors (Lipinski definition) is 6. The molecule has 5 nitrogen and oxygen atoms in total. The molecule has 0 saturated heterocycles. The minimum Gasteiger partial charge on any atom is -0.399 e. The van der Waals surface area contributed by atoms with E-state index in [9.17, 15) is 4.79 Å². The molecule has 8 heteroatoms. The molecule has 0 saturated carbocycles. The number of nitrogen functional groups attached to an aromatic ring is 1. The number of nitrogens with two attached hydrogens (primary N) is 1. The van der Waals surface area contributed by atoms with Crippen LogP contribution < -0.4 is 11.1 Å². The molecule has 0 aliphatic rings. The van der Waals surface area contributed by atoms with Gasteiger partial charge in [-0.2, -0.15) is 0 Å². The molecule has 3 aromatic rings. The normalized spacial score (nSPS) is 10.8. The van der Waals surface area contributed by atoms with Gasteiger partial charge in [0.1, 0.15) is 0 Å². The average Bonchev–Trinajstić information content (AvgIpc) is 2.89. The number of carbonyl (C=O) groups is 1. The number of benzene rings is 1. The van der Waals surface area contributed by atoms with Crippen LogP contribution in [0.25, 0.3) is 10.2 Å². The number of aromatic nitrogens is 2. The van der Waals surface area contributed by atoms with Gasteiger partial charge in [0.15, 0.2) is 10.2 Å². The Balaban J connectivity index is 1.63. The van der Waals surface area contributed by atoms with Crippen LogP contribution in [0.4, 0.5) is 11.5 Å². The van der Waals surface area contributed by atoms with E-state index in [-0.39, 0.29) is 11.7 Å². The molecule has 0 fully saturated rings. The fourth-order valence-electron chi connectivity index (χ4n) is 1.75. The van der Waals surface area contributed by atoms with Crippen molar-refractivity contribution >= 4 is 62.3 Å². The highest BCUT2D eigenvalue weighted by Crippen LogP contribution is 2.30. The molecule has 1 amide bonds. The van der Waals surface area contributed by atoms with E-state index in [2.05, 4.69) is 15.3 Å². The third-order valence-electron chi connectivity index (χ3n) is 2.74. The first kappa shape index (κ1) is 15.1. The third kappa shape index (κ3) is 3.49. The van der Waals surface area contributed by atoms with Crippen molar-refractivity contribution in [2.45, 2.75) is 4.34 Å². The number of pyridine rings is 1. The van der Waals surface area contributed by atoms with Crippen LogP contribution in [0.2, 0.25) is 5.02 Å². The van der Waals surface area contributed by atoms with Gasteiger partial charge >= 0.3 is 0 Å². The van der Waals surface area contributed by atoms with Crippen molar-refractivity contribution in [1.29, 1.82) is 0 Å². The largest absolute Gasteiger partial charge is 0.399 e. The number of fused-ring (bicyclic) bond motifs is 1. The SMILES string of the molecule is Nc1ccc2nc(SCC(=O)Nc3ncccc3Cl)sc2c1. The lowest BCUT2D eigenvalue weighted by molar-refractivity contribution is -0.113. The summed E-state index contributed by atoms with van der Waals surface area (Å²) in [5.74, 6) is 0.429. The summed E-state index contributed by atoms with van der Waals surface area (Å²) in [6.45, 7) is 0. The van der Waals surface area contributed by atoms with Crippen LogP contribution in [0.1, 0.15) is 0 Å². The van der Waals surface area contributed by atoms with Gasteiger partial charge in [0.05, 0.1) is 21.0 Å². The first-order valence-electron chi connectivity index (χ1n) is 6.31. The van der Waals surface area contributed by atoms with E-state index < -0.39 is 0 Å². The van der Waals surface area contributed by atoms with Crippen LogP contribution in [0.3, 0.4) is 0 Å². The van der Waals surface area contributed by atoms with E-state index in [0.29, 0.717) is 16.5 Å². The van der Waals surface area contributed by atoms with Crippen LogP contribution >= 0.6 is 34.7 Å². The number of nitrogens with one attached hydrogen (secondary N) is 1. The van der Waals surface area contributed by atoms with E-state index in [1.54, 1.807) is 18.3 Å². The molecule has 0 radical (unpaired) electrons. The summed E-state index contributed by atoms with van der Waals surface area (Å²) in [5, 5.41) is 3.09. The quantitative estimate of drug-likeness (QED) is 0.554. The van der Waals surface area contributed by atoms with Crippen LogP contribution in [0, 0.1) is 0 Å². The second-order valence-electron chi connectivity index (χ2n) is 4.38. The molecule has 0 aliphatic carbocycles. The number of carbonyl (C=O) groups excluding carboxylic acids is 1. The van der Waals surface area contributed by atoms with Gasteiger partial charge in [0.25, 0.3) is 0 Å². The highest BCUT2D eigenvalue weighted by atomic mass is 35.5. The Bertz CT molecular complexity index is 837. The lowest BCUT2D eigenvalue weighted by atomic mass is 10.3. The van der Waals surface area contributed by atoms with Crippen molar-refractivity contribution in [2.75, 3.05) is 16.8 Å². The Labute approximate surface area is 139 Å². The van der Waals surface area contributed by atoms with Crippen molar-refractivity contribution in [3.63, 3.8) is 0 Å². The summed E-state index contributed by atoms with van der Waals surface area (Å²) in [6.07, 6.45) is 1.58. The number of amides is 1. The minimum atomic E-state index is -0.177. The molecule has 3 N–H and O–H groups in total. The predicted octanol–water partition coefficient (Wildman–Crippen LogP) is 3.66. The molecule has 0 aliphatic heterocycles.